The van der Waals surface area contributed by atoms with Crippen LogP contribution in [0.25, 0.3) is 0 Å². The zero-order valence-corrected chi connectivity index (χ0v) is 23.7. The van der Waals surface area contributed by atoms with Crippen LogP contribution >= 0.6 is 0 Å². The normalized spacial score (nSPS) is 23.7. The quantitative estimate of drug-likeness (QED) is 0.336. The van der Waals surface area contributed by atoms with Crippen molar-refractivity contribution < 1.29 is 45.7 Å². The smallest absolute Gasteiger partial charge is 0.341 e. The Labute approximate surface area is 227 Å². The zero-order valence-electron chi connectivity index (χ0n) is 22.1. The van der Waals surface area contributed by atoms with Crippen molar-refractivity contribution in [2.24, 2.45) is 5.92 Å². The van der Waals surface area contributed by atoms with Gasteiger partial charge in [0.2, 0.25) is 0 Å². The van der Waals surface area contributed by atoms with E-state index in [1.165, 1.54) is 12.1 Å². The number of benzene rings is 2. The van der Waals surface area contributed by atoms with Crippen molar-refractivity contribution in [3.05, 3.63) is 45.5 Å². The number of hydrogen-bond acceptors (Lipinski definition) is 7. The molecule has 2 aromatic rings. The van der Waals surface area contributed by atoms with E-state index >= 15 is 0 Å². The van der Waals surface area contributed by atoms with Crippen molar-refractivity contribution >= 4 is 26.2 Å². The van der Waals surface area contributed by atoms with E-state index in [4.69, 9.17) is 4.74 Å². The number of carboxylic acids is 1. The average Bonchev–Trinajstić information content (AvgIpc) is 3.27. The highest BCUT2D eigenvalue weighted by Gasteiger charge is 2.71. The maximum atomic E-state index is 12.4. The number of carbonyl (C=O) groups is 1. The molecule has 3 atom stereocenters. The number of phenols is 1. The third-order valence-electron chi connectivity index (χ3n) is 9.03. The second-order valence-corrected chi connectivity index (χ2v) is 14.6. The van der Waals surface area contributed by atoms with Crippen molar-refractivity contribution in [3.8, 4) is 11.5 Å². The summed E-state index contributed by atoms with van der Waals surface area (Å²) >= 11 is 0. The van der Waals surface area contributed by atoms with Gasteiger partial charge in [0.05, 0.1) is 9.79 Å². The van der Waals surface area contributed by atoms with Gasteiger partial charge < -0.3 is 14.9 Å². The molecule has 3 aliphatic carbocycles. The first kappa shape index (κ1) is 27.9. The van der Waals surface area contributed by atoms with Crippen LogP contribution in [0, 0.1) is 5.92 Å². The van der Waals surface area contributed by atoms with Crippen LogP contribution < -0.4 is 4.74 Å². The number of rotatable bonds is 8. The Morgan fingerprint density at radius 2 is 1.64 bits per heavy atom. The van der Waals surface area contributed by atoms with Crippen molar-refractivity contribution in [3.63, 3.8) is 0 Å². The van der Waals surface area contributed by atoms with Gasteiger partial charge in [-0.2, -0.15) is 16.8 Å². The molecular formula is C27H32O10S2. The third-order valence-corrected chi connectivity index (χ3v) is 10.8. The van der Waals surface area contributed by atoms with E-state index in [1.807, 2.05) is 13.8 Å². The molecule has 5 rings (SSSR count). The molecule has 4 N–H and O–H groups in total. The summed E-state index contributed by atoms with van der Waals surface area (Å²) in [5.74, 6) is -1.07. The Bertz CT molecular complexity index is 1640. The van der Waals surface area contributed by atoms with Crippen LogP contribution in [0.5, 0.6) is 11.5 Å². The summed E-state index contributed by atoms with van der Waals surface area (Å²) < 4.78 is 75.3. The van der Waals surface area contributed by atoms with Crippen LogP contribution in [0.4, 0.5) is 0 Å². The summed E-state index contributed by atoms with van der Waals surface area (Å²) in [5.41, 5.74) is 0.925. The van der Waals surface area contributed by atoms with Gasteiger partial charge in [0.15, 0.2) is 6.61 Å². The molecule has 0 amide bonds. The Kier molecular flexibility index (Phi) is 6.19. The number of aromatic hydroxyl groups is 1. The molecule has 0 bridgehead atoms. The van der Waals surface area contributed by atoms with E-state index in [1.54, 1.807) is 13.8 Å². The van der Waals surface area contributed by atoms with Gasteiger partial charge in [0.1, 0.15) is 11.5 Å². The van der Waals surface area contributed by atoms with Crippen LogP contribution in [0.15, 0.2) is 21.9 Å². The number of carboxylic acid groups (broad SMARTS) is 1. The predicted octanol–water partition coefficient (Wildman–Crippen LogP) is 3.75. The SMILES string of the molecule is CC1C2c3c(S(=O)(=O)O)cc(CC(C)(C)c4cc(S(=O)(=O)O)c5c(c4OCC(=O)O)CCCC5)c(O)c3C12C. The Morgan fingerprint density at radius 3 is 2.21 bits per heavy atom. The van der Waals surface area contributed by atoms with Crippen LogP contribution in [0.3, 0.4) is 0 Å². The van der Waals surface area contributed by atoms with Gasteiger partial charge in [0.25, 0.3) is 20.2 Å². The van der Waals surface area contributed by atoms with Gasteiger partial charge in [-0.25, -0.2) is 4.79 Å². The molecule has 0 heterocycles. The van der Waals surface area contributed by atoms with Crippen molar-refractivity contribution in [1.82, 2.24) is 0 Å². The molecule has 0 spiro atoms. The summed E-state index contributed by atoms with van der Waals surface area (Å²) in [6.07, 6.45) is 2.20. The molecule has 2 aromatic carbocycles. The second-order valence-electron chi connectivity index (χ2n) is 11.8. The lowest BCUT2D eigenvalue weighted by Crippen LogP contribution is -2.27. The van der Waals surface area contributed by atoms with E-state index < -0.39 is 43.6 Å². The fraction of sp³-hybridized carbons (Fsp3) is 0.519. The Morgan fingerprint density at radius 1 is 1.05 bits per heavy atom. The highest BCUT2D eigenvalue weighted by Crippen LogP contribution is 2.77. The van der Waals surface area contributed by atoms with Crippen molar-refractivity contribution in [2.45, 2.75) is 86.3 Å². The molecular weight excluding hydrogens is 548 g/mol. The number of phenolic OH excluding ortho intramolecular Hbond substituents is 1. The highest BCUT2D eigenvalue weighted by atomic mass is 32.2. The van der Waals surface area contributed by atoms with Gasteiger partial charge >= 0.3 is 5.97 Å². The van der Waals surface area contributed by atoms with Crippen molar-refractivity contribution in [2.75, 3.05) is 6.61 Å². The third kappa shape index (κ3) is 4.23. The molecule has 1 fully saturated rings. The first-order chi connectivity index (χ1) is 17.9. The molecule has 0 aliphatic heterocycles. The highest BCUT2D eigenvalue weighted by molar-refractivity contribution is 7.86. The molecule has 0 radical (unpaired) electrons. The fourth-order valence-corrected chi connectivity index (χ4v) is 8.58. The molecule has 12 heteroatoms. The second kappa shape index (κ2) is 8.66. The number of fused-ring (bicyclic) bond motifs is 5. The van der Waals surface area contributed by atoms with Gasteiger partial charge in [-0.05, 0) is 83.7 Å². The Balaban J connectivity index is 1.69. The van der Waals surface area contributed by atoms with Crippen LogP contribution in [0.2, 0.25) is 0 Å². The van der Waals surface area contributed by atoms with Crippen LogP contribution in [-0.2, 0) is 55.1 Å². The lowest BCUT2D eigenvalue weighted by molar-refractivity contribution is -0.139. The zero-order chi connectivity index (χ0) is 28.9. The van der Waals surface area contributed by atoms with E-state index in [2.05, 4.69) is 0 Å². The summed E-state index contributed by atoms with van der Waals surface area (Å²) in [6.45, 7) is 6.68. The minimum atomic E-state index is -4.64. The minimum Gasteiger partial charge on any atom is -0.507 e. The molecule has 0 aromatic heterocycles. The van der Waals surface area contributed by atoms with E-state index in [9.17, 15) is 40.9 Å². The van der Waals surface area contributed by atoms with Gasteiger partial charge in [-0.3, -0.25) is 9.11 Å². The lowest BCUT2D eigenvalue weighted by Gasteiger charge is -2.34. The summed E-state index contributed by atoms with van der Waals surface area (Å²) in [6, 6.07) is 2.55. The maximum Gasteiger partial charge on any atom is 0.341 e. The molecule has 39 heavy (non-hydrogen) atoms. The summed E-state index contributed by atoms with van der Waals surface area (Å²) in [4.78, 5) is 10.9. The monoisotopic (exact) mass is 580 g/mol. The number of hydrogen-bond donors (Lipinski definition) is 4. The van der Waals surface area contributed by atoms with Crippen LogP contribution in [0.1, 0.15) is 79.8 Å². The Hall–Kier alpha value is -2.67. The first-order valence-electron chi connectivity index (χ1n) is 12.8. The number of aliphatic carboxylic acids is 1. The minimum absolute atomic E-state index is 0.00308. The topological polar surface area (TPSA) is 175 Å². The molecule has 10 nitrogen and oxygen atoms in total. The maximum absolute atomic E-state index is 12.4. The molecule has 3 unspecified atom stereocenters. The molecule has 3 aliphatic rings. The summed E-state index contributed by atoms with van der Waals surface area (Å²) in [5, 5.41) is 20.6. The standard InChI is InChI=1S/C27H32O10S2/c1-13-22-21-19(39(34,35)36)9-14(24(30)23(21)27(13,22)4)11-26(2,3)17-10-18(38(31,32)33)15-7-5-6-8-16(15)25(17)37-12-20(28)29/h9-10,13,22,30H,5-8,11-12H2,1-4H3,(H,28,29)(H,31,32,33)(H,34,35,36). The lowest BCUT2D eigenvalue weighted by atomic mass is 9.72. The largest absolute Gasteiger partial charge is 0.507 e. The van der Waals surface area contributed by atoms with Gasteiger partial charge in [-0.1, -0.05) is 27.7 Å². The molecule has 212 valence electrons. The van der Waals surface area contributed by atoms with Crippen molar-refractivity contribution in [1.29, 1.82) is 0 Å². The van der Waals surface area contributed by atoms with E-state index in [-0.39, 0.29) is 45.1 Å². The molecule has 0 saturated heterocycles. The predicted molar refractivity (Wildman–Crippen MR) is 140 cm³/mol. The number of ether oxygens (including phenoxy) is 1. The fourth-order valence-electron chi connectivity index (χ4n) is 6.98. The first-order valence-corrected chi connectivity index (χ1v) is 15.7. The molecule has 1 saturated carbocycles. The summed E-state index contributed by atoms with van der Waals surface area (Å²) in [7, 11) is -9.23. The van der Waals surface area contributed by atoms with Gasteiger partial charge in [-0.15, -0.1) is 0 Å². The van der Waals surface area contributed by atoms with Crippen LogP contribution in [-0.4, -0.2) is 48.7 Å². The van der Waals surface area contributed by atoms with E-state index in [0.29, 0.717) is 53.5 Å². The van der Waals surface area contributed by atoms with E-state index in [0.717, 1.165) is 0 Å². The average molecular weight is 581 g/mol. The van der Waals surface area contributed by atoms with Gasteiger partial charge in [0, 0.05) is 16.5 Å².